The van der Waals surface area contributed by atoms with E-state index in [1.165, 1.54) is 5.56 Å². The smallest absolute Gasteiger partial charge is 0.191 e. The maximum Gasteiger partial charge on any atom is 0.191 e. The molecule has 2 aliphatic rings. The predicted molar refractivity (Wildman–Crippen MR) is 130 cm³/mol. The van der Waals surface area contributed by atoms with Crippen molar-refractivity contribution < 1.29 is 17.9 Å². The summed E-state index contributed by atoms with van der Waals surface area (Å²) in [4.78, 5) is 6.44. The molecule has 1 aromatic carbocycles. The van der Waals surface area contributed by atoms with E-state index in [4.69, 9.17) is 9.47 Å². The Hall–Kier alpha value is -1.27. The first kappa shape index (κ1) is 25.0. The number of benzene rings is 1. The Bertz CT molecular complexity index is 833. The van der Waals surface area contributed by atoms with Gasteiger partial charge in [-0.15, -0.1) is 24.0 Å². The molecule has 3 rings (SSSR count). The molecule has 170 valence electrons. The second-order valence-electron chi connectivity index (χ2n) is 7.48. The zero-order chi connectivity index (χ0) is 20.9. The number of nitrogens with zero attached hydrogens (tertiary/aromatic N) is 2. The number of guanidine groups is 1. The number of ether oxygens (including phenoxy) is 2. The van der Waals surface area contributed by atoms with Gasteiger partial charge in [0.05, 0.1) is 18.1 Å². The van der Waals surface area contributed by atoms with Crippen LogP contribution in [0.25, 0.3) is 0 Å². The molecule has 0 bridgehead atoms. The lowest BCUT2D eigenvalue weighted by Gasteiger charge is -2.26. The van der Waals surface area contributed by atoms with Crippen molar-refractivity contribution in [1.82, 2.24) is 15.5 Å². The molecule has 8 nitrogen and oxygen atoms in total. The molecule has 1 fully saturated rings. The van der Waals surface area contributed by atoms with Gasteiger partial charge in [0, 0.05) is 57.3 Å². The molecule has 30 heavy (non-hydrogen) atoms. The van der Waals surface area contributed by atoms with Gasteiger partial charge in [-0.2, -0.15) is 0 Å². The van der Waals surface area contributed by atoms with Crippen molar-refractivity contribution in [3.8, 4) is 11.5 Å². The van der Waals surface area contributed by atoms with E-state index in [1.54, 1.807) is 7.05 Å². The van der Waals surface area contributed by atoms with Crippen LogP contribution in [-0.4, -0.2) is 76.7 Å². The second-order valence-corrected chi connectivity index (χ2v) is 9.78. The molecule has 0 amide bonds. The van der Waals surface area contributed by atoms with Crippen LogP contribution < -0.4 is 20.1 Å². The summed E-state index contributed by atoms with van der Waals surface area (Å²) in [5, 5.41) is 6.62. The van der Waals surface area contributed by atoms with Crippen molar-refractivity contribution in [3.63, 3.8) is 0 Å². The van der Waals surface area contributed by atoms with Gasteiger partial charge in [-0.05, 0) is 26.0 Å². The minimum Gasteiger partial charge on any atom is -0.494 e. The first-order chi connectivity index (χ1) is 13.9. The summed E-state index contributed by atoms with van der Waals surface area (Å²) in [5.41, 5.74) is 2.22. The Morgan fingerprint density at radius 2 is 2.03 bits per heavy atom. The highest BCUT2D eigenvalue weighted by Gasteiger charge is 2.22. The van der Waals surface area contributed by atoms with E-state index < -0.39 is 9.84 Å². The number of aliphatic imine (C=N–C) groups is 1. The van der Waals surface area contributed by atoms with Crippen LogP contribution in [-0.2, 0) is 22.8 Å². The van der Waals surface area contributed by atoms with Crippen molar-refractivity contribution >= 4 is 39.8 Å². The number of rotatable bonds is 7. The van der Waals surface area contributed by atoms with Crippen LogP contribution in [0.15, 0.2) is 17.1 Å². The fraction of sp³-hybridized carbons (Fsp3) is 0.650. The summed E-state index contributed by atoms with van der Waals surface area (Å²) in [7, 11) is -1.10. The van der Waals surface area contributed by atoms with Gasteiger partial charge in [0.1, 0.15) is 17.6 Å². The van der Waals surface area contributed by atoms with E-state index in [-0.39, 0.29) is 41.6 Å². The minimum atomic E-state index is -2.84. The van der Waals surface area contributed by atoms with Crippen LogP contribution in [0.3, 0.4) is 0 Å². The monoisotopic (exact) mass is 552 g/mol. The number of nitrogens with one attached hydrogen (secondary N) is 2. The van der Waals surface area contributed by atoms with Crippen molar-refractivity contribution in [2.45, 2.75) is 32.9 Å². The maximum atomic E-state index is 11.5. The van der Waals surface area contributed by atoms with Gasteiger partial charge in [0.15, 0.2) is 15.8 Å². The number of sulfone groups is 1. The lowest BCUT2D eigenvalue weighted by atomic mass is 10.1. The standard InChI is InChI=1S/C20H32N4O4S.HI/c1-4-27-18-12-16-11-15(2)28-19(16)13-17(18)14-23-20(21-3)22-5-6-24-7-9-29(25,26)10-8-24;/h12-13,15H,4-11,14H2,1-3H3,(H2,21,22,23);1H. The molecular formula is C20H33IN4O4S. The molecule has 1 atom stereocenters. The van der Waals surface area contributed by atoms with Gasteiger partial charge in [-0.25, -0.2) is 8.42 Å². The van der Waals surface area contributed by atoms with Crippen LogP contribution >= 0.6 is 24.0 Å². The molecule has 1 unspecified atom stereocenters. The van der Waals surface area contributed by atoms with Crippen LogP contribution in [0.2, 0.25) is 0 Å². The lowest BCUT2D eigenvalue weighted by molar-refractivity contribution is 0.254. The third kappa shape index (κ3) is 6.88. The highest BCUT2D eigenvalue weighted by molar-refractivity contribution is 14.0. The number of hydrogen-bond donors (Lipinski definition) is 2. The molecule has 0 saturated carbocycles. The number of hydrogen-bond acceptors (Lipinski definition) is 6. The van der Waals surface area contributed by atoms with Gasteiger partial charge in [0.25, 0.3) is 0 Å². The summed E-state index contributed by atoms with van der Waals surface area (Å²) in [6.07, 6.45) is 1.10. The lowest BCUT2D eigenvalue weighted by Crippen LogP contribution is -2.45. The molecule has 2 aliphatic heterocycles. The normalized spacial score (nSPS) is 20.6. The van der Waals surface area contributed by atoms with Crippen LogP contribution in [0.4, 0.5) is 0 Å². The largest absolute Gasteiger partial charge is 0.494 e. The van der Waals surface area contributed by atoms with Gasteiger partial charge in [-0.1, -0.05) is 0 Å². The van der Waals surface area contributed by atoms with E-state index in [2.05, 4.69) is 39.6 Å². The SMILES string of the molecule is CCOc1cc2c(cc1CNC(=NC)NCCN1CCS(=O)(=O)CC1)OC(C)C2.I. The van der Waals surface area contributed by atoms with E-state index in [1.807, 2.05) is 6.92 Å². The maximum absolute atomic E-state index is 11.5. The Labute approximate surface area is 196 Å². The molecule has 2 N–H and O–H groups in total. The Kier molecular flexibility index (Phi) is 9.48. The first-order valence-corrected chi connectivity index (χ1v) is 12.0. The van der Waals surface area contributed by atoms with Crippen molar-refractivity contribution in [2.24, 2.45) is 4.99 Å². The fourth-order valence-corrected chi connectivity index (χ4v) is 4.89. The van der Waals surface area contributed by atoms with E-state index in [0.717, 1.165) is 30.0 Å². The summed E-state index contributed by atoms with van der Waals surface area (Å²) in [5.74, 6) is 3.01. The van der Waals surface area contributed by atoms with Crippen molar-refractivity contribution in [1.29, 1.82) is 0 Å². The third-order valence-electron chi connectivity index (χ3n) is 5.21. The molecule has 1 saturated heterocycles. The first-order valence-electron chi connectivity index (χ1n) is 10.2. The van der Waals surface area contributed by atoms with Gasteiger partial charge >= 0.3 is 0 Å². The molecule has 0 spiro atoms. The van der Waals surface area contributed by atoms with Gasteiger partial charge in [-0.3, -0.25) is 9.89 Å². The molecule has 1 aromatic rings. The highest BCUT2D eigenvalue weighted by Crippen LogP contribution is 2.35. The quantitative estimate of drug-likeness (QED) is 0.301. The zero-order valence-electron chi connectivity index (χ0n) is 17.9. The summed E-state index contributed by atoms with van der Waals surface area (Å²) >= 11 is 0. The van der Waals surface area contributed by atoms with E-state index in [0.29, 0.717) is 38.7 Å². The average molecular weight is 552 g/mol. The molecule has 0 aromatic heterocycles. The zero-order valence-corrected chi connectivity index (χ0v) is 21.1. The van der Waals surface area contributed by atoms with E-state index >= 15 is 0 Å². The number of halogens is 1. The Balaban J connectivity index is 0.00000320. The minimum absolute atomic E-state index is 0. The van der Waals surface area contributed by atoms with Crippen LogP contribution in [0.5, 0.6) is 11.5 Å². The fourth-order valence-electron chi connectivity index (χ4n) is 3.62. The predicted octanol–water partition coefficient (Wildman–Crippen LogP) is 1.42. The molecule has 0 radical (unpaired) electrons. The van der Waals surface area contributed by atoms with Gasteiger partial charge < -0.3 is 20.1 Å². The third-order valence-corrected chi connectivity index (χ3v) is 6.82. The number of fused-ring (bicyclic) bond motifs is 1. The molecular weight excluding hydrogens is 519 g/mol. The summed E-state index contributed by atoms with van der Waals surface area (Å²) in [6.45, 7) is 7.91. The topological polar surface area (TPSA) is 92.3 Å². The van der Waals surface area contributed by atoms with Crippen molar-refractivity contribution in [2.75, 3.05) is 51.3 Å². The second kappa shape index (κ2) is 11.4. The van der Waals surface area contributed by atoms with Crippen molar-refractivity contribution in [3.05, 3.63) is 23.3 Å². The molecule has 0 aliphatic carbocycles. The molecule has 2 heterocycles. The van der Waals surface area contributed by atoms with Gasteiger partial charge in [0.2, 0.25) is 0 Å². The summed E-state index contributed by atoms with van der Waals surface area (Å²) < 4.78 is 34.7. The summed E-state index contributed by atoms with van der Waals surface area (Å²) in [6, 6.07) is 4.14. The molecule has 10 heteroatoms. The highest BCUT2D eigenvalue weighted by atomic mass is 127. The Morgan fingerprint density at radius 1 is 1.30 bits per heavy atom. The Morgan fingerprint density at radius 3 is 2.70 bits per heavy atom. The average Bonchev–Trinajstić information content (AvgIpc) is 3.04. The van der Waals surface area contributed by atoms with Crippen LogP contribution in [0, 0.1) is 0 Å². The van der Waals surface area contributed by atoms with Crippen LogP contribution in [0.1, 0.15) is 25.0 Å². The van der Waals surface area contributed by atoms with E-state index in [9.17, 15) is 8.42 Å².